The Morgan fingerprint density at radius 2 is 1.93 bits per heavy atom. The molecule has 0 unspecified atom stereocenters. The Morgan fingerprint density at radius 1 is 1.36 bits per heavy atom. The molecule has 0 bridgehead atoms. The first-order valence-corrected chi connectivity index (χ1v) is 5.93. The van der Waals surface area contributed by atoms with Crippen LogP contribution in [0.4, 0.5) is 0 Å². The van der Waals surface area contributed by atoms with Crippen LogP contribution >= 0.6 is 11.8 Å². The lowest BCUT2D eigenvalue weighted by molar-refractivity contribution is -0.147. The number of rotatable bonds is 3. The number of aliphatic carboxylic acids is 1. The van der Waals surface area contributed by atoms with E-state index in [9.17, 15) is 9.59 Å². The van der Waals surface area contributed by atoms with E-state index in [0.717, 1.165) is 12.8 Å². The van der Waals surface area contributed by atoms with Crippen LogP contribution in [0.1, 0.15) is 38.5 Å². The second-order valence-electron chi connectivity index (χ2n) is 4.22. The standard InChI is InChI=1S/C10H14O3S/c11-7-5-10(6-7,9(12)13)14-8-3-1-2-4-8/h8H,1-6H2,(H,12,13). The van der Waals surface area contributed by atoms with E-state index < -0.39 is 10.7 Å². The average Bonchev–Trinajstić information content (AvgIpc) is 2.53. The quantitative estimate of drug-likeness (QED) is 0.779. The summed E-state index contributed by atoms with van der Waals surface area (Å²) in [4.78, 5) is 22.0. The Bertz CT molecular complexity index is 261. The number of carboxylic acid groups (broad SMARTS) is 1. The maximum Gasteiger partial charge on any atom is 0.320 e. The second-order valence-corrected chi connectivity index (χ2v) is 5.90. The Kier molecular flexibility index (Phi) is 2.56. The van der Waals surface area contributed by atoms with Crippen LogP contribution < -0.4 is 0 Å². The van der Waals surface area contributed by atoms with Gasteiger partial charge in [-0.2, -0.15) is 0 Å². The fourth-order valence-electron chi connectivity index (χ4n) is 2.20. The first kappa shape index (κ1) is 10.0. The van der Waals surface area contributed by atoms with Gasteiger partial charge in [-0.25, -0.2) is 0 Å². The molecule has 14 heavy (non-hydrogen) atoms. The molecule has 0 atom stereocenters. The van der Waals surface area contributed by atoms with Crippen molar-refractivity contribution in [3.63, 3.8) is 0 Å². The van der Waals surface area contributed by atoms with E-state index in [-0.39, 0.29) is 18.6 Å². The zero-order valence-electron chi connectivity index (χ0n) is 7.99. The van der Waals surface area contributed by atoms with Gasteiger partial charge >= 0.3 is 5.97 Å². The second kappa shape index (κ2) is 3.57. The van der Waals surface area contributed by atoms with E-state index in [1.165, 1.54) is 24.6 Å². The normalized spacial score (nSPS) is 26.1. The highest BCUT2D eigenvalue weighted by molar-refractivity contribution is 8.02. The smallest absolute Gasteiger partial charge is 0.320 e. The molecule has 0 saturated heterocycles. The molecule has 2 aliphatic carbocycles. The first-order valence-electron chi connectivity index (χ1n) is 5.05. The number of hydrogen-bond donors (Lipinski definition) is 1. The SMILES string of the molecule is O=C1CC(SC2CCCC2)(C(=O)O)C1. The molecule has 0 heterocycles. The monoisotopic (exact) mass is 214 g/mol. The summed E-state index contributed by atoms with van der Waals surface area (Å²) in [5, 5.41) is 9.56. The summed E-state index contributed by atoms with van der Waals surface area (Å²) in [5.74, 6) is -0.702. The van der Waals surface area contributed by atoms with Gasteiger partial charge in [0.1, 0.15) is 10.5 Å². The van der Waals surface area contributed by atoms with E-state index >= 15 is 0 Å². The lowest BCUT2D eigenvalue weighted by Gasteiger charge is -2.37. The molecule has 2 aliphatic rings. The molecule has 3 nitrogen and oxygen atoms in total. The minimum absolute atomic E-state index is 0.0953. The van der Waals surface area contributed by atoms with E-state index in [2.05, 4.69) is 0 Å². The molecule has 2 rings (SSSR count). The van der Waals surface area contributed by atoms with Crippen molar-refractivity contribution in [1.29, 1.82) is 0 Å². The van der Waals surface area contributed by atoms with Gasteiger partial charge < -0.3 is 5.11 Å². The summed E-state index contributed by atoms with van der Waals surface area (Å²) in [6.07, 6.45) is 5.14. The van der Waals surface area contributed by atoms with Gasteiger partial charge in [-0.05, 0) is 12.8 Å². The number of thioether (sulfide) groups is 1. The van der Waals surface area contributed by atoms with Crippen molar-refractivity contribution in [2.75, 3.05) is 0 Å². The summed E-state index contributed by atoms with van der Waals surface area (Å²) >= 11 is 1.53. The lowest BCUT2D eigenvalue weighted by Crippen LogP contribution is -2.49. The molecule has 78 valence electrons. The van der Waals surface area contributed by atoms with Crippen molar-refractivity contribution in [2.45, 2.75) is 48.5 Å². The predicted octanol–water partition coefficient (Wildman–Crippen LogP) is 1.85. The van der Waals surface area contributed by atoms with E-state index in [4.69, 9.17) is 5.11 Å². The third-order valence-corrected chi connectivity index (χ3v) is 4.77. The molecule has 0 aromatic heterocycles. The predicted molar refractivity (Wildman–Crippen MR) is 54.5 cm³/mol. The molecule has 2 fully saturated rings. The molecule has 0 aromatic rings. The molecule has 0 aromatic carbocycles. The van der Waals surface area contributed by atoms with Crippen LogP contribution in [-0.4, -0.2) is 26.9 Å². The van der Waals surface area contributed by atoms with Gasteiger partial charge in [0, 0.05) is 18.1 Å². The molecule has 2 saturated carbocycles. The van der Waals surface area contributed by atoms with E-state index in [1.807, 2.05) is 0 Å². The highest BCUT2D eigenvalue weighted by atomic mass is 32.2. The van der Waals surface area contributed by atoms with Gasteiger partial charge in [0.2, 0.25) is 0 Å². The molecule has 0 radical (unpaired) electrons. The molecular formula is C10H14O3S. The van der Waals surface area contributed by atoms with Gasteiger partial charge in [0.15, 0.2) is 0 Å². The molecule has 0 spiro atoms. The Hall–Kier alpha value is -0.510. The summed E-state index contributed by atoms with van der Waals surface area (Å²) in [5.41, 5.74) is 0. The van der Waals surface area contributed by atoms with Crippen molar-refractivity contribution in [3.8, 4) is 0 Å². The number of hydrogen-bond acceptors (Lipinski definition) is 3. The maximum atomic E-state index is 11.1. The van der Waals surface area contributed by atoms with Crippen molar-refractivity contribution < 1.29 is 14.7 Å². The largest absolute Gasteiger partial charge is 0.480 e. The van der Waals surface area contributed by atoms with Gasteiger partial charge in [0.05, 0.1) is 0 Å². The van der Waals surface area contributed by atoms with E-state index in [1.54, 1.807) is 0 Å². The lowest BCUT2D eigenvalue weighted by atomic mass is 9.83. The van der Waals surface area contributed by atoms with Crippen LogP contribution in [0.15, 0.2) is 0 Å². The fourth-order valence-corrected chi connectivity index (χ4v) is 3.99. The van der Waals surface area contributed by atoms with Gasteiger partial charge in [-0.15, -0.1) is 11.8 Å². The van der Waals surface area contributed by atoms with Crippen molar-refractivity contribution >= 4 is 23.5 Å². The van der Waals surface area contributed by atoms with E-state index in [0.29, 0.717) is 5.25 Å². The van der Waals surface area contributed by atoms with Crippen LogP contribution in [-0.2, 0) is 9.59 Å². The summed E-state index contributed by atoms with van der Waals surface area (Å²) < 4.78 is -0.758. The van der Waals surface area contributed by atoms with Gasteiger partial charge in [-0.3, -0.25) is 9.59 Å². The molecule has 1 N–H and O–H groups in total. The Balaban J connectivity index is 1.98. The third kappa shape index (κ3) is 1.67. The van der Waals surface area contributed by atoms with Crippen molar-refractivity contribution in [2.24, 2.45) is 0 Å². The van der Waals surface area contributed by atoms with Crippen LogP contribution in [0, 0.1) is 0 Å². The zero-order valence-corrected chi connectivity index (χ0v) is 8.81. The van der Waals surface area contributed by atoms with Crippen LogP contribution in [0.25, 0.3) is 0 Å². The number of carbonyl (C=O) groups excluding carboxylic acids is 1. The summed E-state index contributed by atoms with van der Waals surface area (Å²) in [6, 6.07) is 0. The number of ketones is 1. The van der Waals surface area contributed by atoms with Crippen LogP contribution in [0.5, 0.6) is 0 Å². The Labute approximate surface area is 87.3 Å². The molecule has 4 heteroatoms. The first-order chi connectivity index (χ1) is 6.62. The molecule has 0 aliphatic heterocycles. The fraction of sp³-hybridized carbons (Fsp3) is 0.800. The zero-order chi connectivity index (χ0) is 10.2. The number of Topliss-reactive ketones (excluding diaryl/α,β-unsaturated/α-hetero) is 1. The van der Waals surface area contributed by atoms with Gasteiger partial charge in [0.25, 0.3) is 0 Å². The topological polar surface area (TPSA) is 54.4 Å². The molecular weight excluding hydrogens is 200 g/mol. The van der Waals surface area contributed by atoms with Gasteiger partial charge in [-0.1, -0.05) is 12.8 Å². The van der Waals surface area contributed by atoms with Crippen molar-refractivity contribution in [1.82, 2.24) is 0 Å². The number of carboxylic acids is 1. The summed E-state index contributed by atoms with van der Waals surface area (Å²) in [6.45, 7) is 0. The third-order valence-electron chi connectivity index (χ3n) is 3.05. The maximum absolute atomic E-state index is 11.1. The highest BCUT2D eigenvalue weighted by Crippen LogP contribution is 2.47. The number of carbonyl (C=O) groups is 2. The summed E-state index contributed by atoms with van der Waals surface area (Å²) in [7, 11) is 0. The van der Waals surface area contributed by atoms with Crippen molar-refractivity contribution in [3.05, 3.63) is 0 Å². The average molecular weight is 214 g/mol. The minimum Gasteiger partial charge on any atom is -0.480 e. The minimum atomic E-state index is -0.797. The van der Waals surface area contributed by atoms with Crippen LogP contribution in [0.3, 0.4) is 0 Å². The molecule has 0 amide bonds. The van der Waals surface area contributed by atoms with Crippen LogP contribution in [0.2, 0.25) is 0 Å². The highest BCUT2D eigenvalue weighted by Gasteiger charge is 2.52. The Morgan fingerprint density at radius 3 is 2.36 bits per heavy atom.